The Labute approximate surface area is 107 Å². The van der Waals surface area contributed by atoms with Crippen molar-refractivity contribution < 1.29 is 42.6 Å². The molecule has 0 bridgehead atoms. The van der Waals surface area contributed by atoms with E-state index < -0.39 is 0 Å². The van der Waals surface area contributed by atoms with Gasteiger partial charge < -0.3 is 4.74 Å². The van der Waals surface area contributed by atoms with Crippen LogP contribution in [0.15, 0.2) is 30.3 Å². The number of para-hydroxylation sites is 1. The van der Waals surface area contributed by atoms with Crippen LogP contribution in [-0.2, 0) is 37.8 Å². The van der Waals surface area contributed by atoms with E-state index in [9.17, 15) is 0 Å². The van der Waals surface area contributed by atoms with E-state index in [1.165, 1.54) is 5.56 Å². The van der Waals surface area contributed by atoms with Crippen LogP contribution in [-0.4, -0.2) is 17.6 Å². The molecular weight excluding hydrogens is 307 g/mol. The summed E-state index contributed by atoms with van der Waals surface area (Å²) in [6, 6.07) is 8.03. The Balaban J connectivity index is 0. The van der Waals surface area contributed by atoms with Gasteiger partial charge in [-0.2, -0.15) is 0 Å². The summed E-state index contributed by atoms with van der Waals surface area (Å²) >= 11 is 0. The van der Waals surface area contributed by atoms with Crippen LogP contribution in [0.4, 0.5) is 0 Å². The quantitative estimate of drug-likeness (QED) is 0.662. The van der Waals surface area contributed by atoms with Gasteiger partial charge in [0.2, 0.25) is 0 Å². The molecule has 1 nitrogen and oxygen atoms in total. The van der Waals surface area contributed by atoms with Crippen LogP contribution in [0.3, 0.4) is 0 Å². The molecule has 1 aliphatic rings. The van der Waals surface area contributed by atoms with Gasteiger partial charge in [-0.3, -0.25) is 0 Å². The van der Waals surface area contributed by atoms with Gasteiger partial charge in [0, 0.05) is 54.4 Å². The molecule has 0 fully saturated rings. The maximum Gasteiger partial charge on any atom is 0.126 e. The number of ether oxygens (including phenoxy) is 1. The van der Waals surface area contributed by atoms with Gasteiger partial charge in [-0.15, -0.1) is 0 Å². The maximum absolute atomic E-state index is 5.34. The molecule has 0 atom stereocenters. The van der Waals surface area contributed by atoms with Crippen molar-refractivity contribution in [1.82, 2.24) is 0 Å². The van der Waals surface area contributed by atoms with Crippen LogP contribution in [0.5, 0.6) is 5.75 Å². The van der Waals surface area contributed by atoms with Crippen molar-refractivity contribution in [3.05, 3.63) is 35.9 Å². The molecule has 2 rings (SSSR count). The standard InChI is InChI=1S/C9H8O.Co.Mo.Si/c1-2-6-9-8(4-1)5-3-7-10-9;;;/h1-6H,7H2;;;. The van der Waals surface area contributed by atoms with Gasteiger partial charge in [0.05, 0.1) is 0 Å². The molecule has 69 valence electrons. The largest absolute Gasteiger partial charge is 0.489 e. The van der Waals surface area contributed by atoms with Crippen LogP contribution < -0.4 is 4.74 Å². The van der Waals surface area contributed by atoms with Crippen molar-refractivity contribution >= 4 is 17.0 Å². The minimum absolute atomic E-state index is 0. The molecular formula is C9H8CoMoOSi. The van der Waals surface area contributed by atoms with Crippen molar-refractivity contribution in [1.29, 1.82) is 0 Å². The molecule has 4 heteroatoms. The van der Waals surface area contributed by atoms with E-state index in [0.717, 1.165) is 5.75 Å². The first kappa shape index (κ1) is 15.6. The zero-order valence-corrected chi connectivity index (χ0v) is 10.9. The molecule has 1 aromatic rings. The van der Waals surface area contributed by atoms with E-state index in [1.54, 1.807) is 0 Å². The molecule has 0 aliphatic carbocycles. The molecule has 1 aromatic carbocycles. The normalized spacial score (nSPS) is 10.8. The SMILES string of the molecule is C1=Cc2ccccc2OC1.[Co].[Mo].[Si]. The monoisotopic (exact) mass is 317 g/mol. The molecule has 0 amide bonds. The van der Waals surface area contributed by atoms with Crippen molar-refractivity contribution in [2.45, 2.75) is 0 Å². The van der Waals surface area contributed by atoms with Gasteiger partial charge in [0.1, 0.15) is 12.4 Å². The number of benzene rings is 1. The van der Waals surface area contributed by atoms with Crippen molar-refractivity contribution in [2.24, 2.45) is 0 Å². The first-order chi connectivity index (χ1) is 4.97. The summed E-state index contributed by atoms with van der Waals surface area (Å²) in [4.78, 5) is 0. The van der Waals surface area contributed by atoms with Crippen molar-refractivity contribution in [3.8, 4) is 5.75 Å². The van der Waals surface area contributed by atoms with Gasteiger partial charge >= 0.3 is 0 Å². The Hall–Kier alpha value is 0.172. The molecule has 1 aliphatic heterocycles. The van der Waals surface area contributed by atoms with Crippen LogP contribution in [0.1, 0.15) is 5.56 Å². The third-order valence-electron chi connectivity index (χ3n) is 1.55. The van der Waals surface area contributed by atoms with Gasteiger partial charge in [0.15, 0.2) is 0 Å². The minimum Gasteiger partial charge on any atom is -0.489 e. The molecule has 0 saturated heterocycles. The fourth-order valence-electron chi connectivity index (χ4n) is 1.06. The molecule has 0 unspecified atom stereocenters. The Morgan fingerprint density at radius 3 is 2.54 bits per heavy atom. The zero-order valence-electron chi connectivity index (χ0n) is 6.82. The minimum atomic E-state index is 0. The Kier molecular flexibility index (Phi) is 9.10. The van der Waals surface area contributed by atoms with E-state index >= 15 is 0 Å². The van der Waals surface area contributed by atoms with Gasteiger partial charge in [0.25, 0.3) is 0 Å². The summed E-state index contributed by atoms with van der Waals surface area (Å²) < 4.78 is 5.34. The van der Waals surface area contributed by atoms with E-state index in [1.807, 2.05) is 30.3 Å². The molecule has 13 heavy (non-hydrogen) atoms. The fraction of sp³-hybridized carbons (Fsp3) is 0.111. The Morgan fingerprint density at radius 2 is 1.85 bits per heavy atom. The molecule has 0 aromatic heterocycles. The van der Waals surface area contributed by atoms with Crippen molar-refractivity contribution in [3.63, 3.8) is 0 Å². The zero-order chi connectivity index (χ0) is 6.81. The van der Waals surface area contributed by atoms with Crippen LogP contribution >= 0.6 is 0 Å². The van der Waals surface area contributed by atoms with Crippen molar-refractivity contribution in [2.75, 3.05) is 6.61 Å². The predicted octanol–water partition coefficient (Wildman–Crippen LogP) is 1.71. The summed E-state index contributed by atoms with van der Waals surface area (Å²) in [6.45, 7) is 0.705. The first-order valence-electron chi connectivity index (χ1n) is 3.35. The van der Waals surface area contributed by atoms with Gasteiger partial charge in [-0.05, 0) is 12.1 Å². The third-order valence-corrected chi connectivity index (χ3v) is 1.55. The average Bonchev–Trinajstić information content (AvgIpc) is 2.05. The number of rotatable bonds is 0. The summed E-state index contributed by atoms with van der Waals surface area (Å²) in [5.74, 6) is 0.991. The molecule has 0 spiro atoms. The maximum atomic E-state index is 5.34. The fourth-order valence-corrected chi connectivity index (χ4v) is 1.06. The number of fused-ring (bicyclic) bond motifs is 1. The average molecular weight is 315 g/mol. The number of hydrogen-bond acceptors (Lipinski definition) is 1. The van der Waals surface area contributed by atoms with Gasteiger partial charge in [-0.25, -0.2) is 0 Å². The van der Waals surface area contributed by atoms with Crippen LogP contribution in [0.2, 0.25) is 0 Å². The first-order valence-corrected chi connectivity index (χ1v) is 3.35. The summed E-state index contributed by atoms with van der Waals surface area (Å²) in [5.41, 5.74) is 1.17. The Morgan fingerprint density at radius 1 is 1.15 bits per heavy atom. The van der Waals surface area contributed by atoms with Crippen LogP contribution in [0.25, 0.3) is 6.08 Å². The van der Waals surface area contributed by atoms with E-state index in [4.69, 9.17) is 4.74 Å². The smallest absolute Gasteiger partial charge is 0.126 e. The second kappa shape index (κ2) is 7.56. The molecule has 0 saturated carbocycles. The summed E-state index contributed by atoms with van der Waals surface area (Å²) in [6.07, 6.45) is 4.10. The molecule has 0 N–H and O–H groups in total. The summed E-state index contributed by atoms with van der Waals surface area (Å²) in [7, 11) is 0. The van der Waals surface area contributed by atoms with Gasteiger partial charge in [-0.1, -0.05) is 24.3 Å². The second-order valence-electron chi connectivity index (χ2n) is 2.25. The van der Waals surface area contributed by atoms with E-state index in [-0.39, 0.29) is 48.8 Å². The second-order valence-corrected chi connectivity index (χ2v) is 2.25. The summed E-state index contributed by atoms with van der Waals surface area (Å²) in [5, 5.41) is 0. The molecule has 1 heterocycles. The van der Waals surface area contributed by atoms with Crippen LogP contribution in [0, 0.1) is 0 Å². The Bertz CT molecular complexity index is 278. The third kappa shape index (κ3) is 3.81. The topological polar surface area (TPSA) is 9.23 Å². The predicted molar refractivity (Wildman–Crippen MR) is 46.7 cm³/mol. The van der Waals surface area contributed by atoms with E-state index in [0.29, 0.717) is 6.61 Å². The molecule has 5 radical (unpaired) electrons. The van der Waals surface area contributed by atoms with E-state index in [2.05, 4.69) is 6.08 Å². The number of hydrogen-bond donors (Lipinski definition) is 0.